The number of hydrogen-bond donors (Lipinski definition) is 0. The van der Waals surface area contributed by atoms with Crippen molar-refractivity contribution in [3.63, 3.8) is 0 Å². The van der Waals surface area contributed by atoms with Crippen molar-refractivity contribution in [2.45, 2.75) is 26.9 Å². The van der Waals surface area contributed by atoms with Crippen LogP contribution in [0.2, 0.25) is 0 Å². The molecule has 0 amide bonds. The van der Waals surface area contributed by atoms with Crippen LogP contribution < -0.4 is 0 Å². The highest BCUT2D eigenvalue weighted by molar-refractivity contribution is 6.41. The van der Waals surface area contributed by atoms with Gasteiger partial charge in [0.15, 0.2) is 11.6 Å². The lowest BCUT2D eigenvalue weighted by Crippen LogP contribution is -2.41. The van der Waals surface area contributed by atoms with E-state index in [9.17, 15) is 14.4 Å². The number of nitrogens with zero attached hydrogens (tertiary/aromatic N) is 1. The molecule has 0 spiro atoms. The van der Waals surface area contributed by atoms with Crippen LogP contribution in [0, 0.1) is 5.92 Å². The van der Waals surface area contributed by atoms with Gasteiger partial charge in [0.2, 0.25) is 6.10 Å². The highest BCUT2D eigenvalue weighted by atomic mass is 16.7. The van der Waals surface area contributed by atoms with E-state index in [1.165, 1.54) is 0 Å². The minimum absolute atomic E-state index is 0.0982. The summed E-state index contributed by atoms with van der Waals surface area (Å²) >= 11 is 0. The number of ether oxygens (including phenoxy) is 3. The monoisotopic (exact) mass is 287 g/mol. The summed E-state index contributed by atoms with van der Waals surface area (Å²) in [4.78, 5) is 40.1. The van der Waals surface area contributed by atoms with E-state index in [-0.39, 0.29) is 25.5 Å². The molecule has 20 heavy (non-hydrogen) atoms. The van der Waals surface area contributed by atoms with Crippen LogP contribution in [0.5, 0.6) is 0 Å². The van der Waals surface area contributed by atoms with Crippen molar-refractivity contribution in [1.29, 1.82) is 0 Å². The molecule has 0 radical (unpaired) electrons. The van der Waals surface area contributed by atoms with Gasteiger partial charge in [0.1, 0.15) is 0 Å². The zero-order chi connectivity index (χ0) is 15.1. The summed E-state index contributed by atoms with van der Waals surface area (Å²) < 4.78 is 14.4. The Morgan fingerprint density at radius 2 is 1.55 bits per heavy atom. The van der Waals surface area contributed by atoms with Crippen LogP contribution in [0.3, 0.4) is 0 Å². The van der Waals surface area contributed by atoms with Crippen LogP contribution in [-0.2, 0) is 33.4 Å². The number of rotatable bonds is 6. The fourth-order valence-corrected chi connectivity index (χ4v) is 1.61. The number of esters is 3. The summed E-state index contributed by atoms with van der Waals surface area (Å²) in [5.74, 6) is -3.66. The molecule has 1 heterocycles. The normalized spacial score (nSPS) is 20.6. The Morgan fingerprint density at radius 3 is 2.10 bits per heavy atom. The average Bonchev–Trinajstić information content (AvgIpc) is 2.84. The van der Waals surface area contributed by atoms with Crippen LogP contribution in [0.25, 0.3) is 0 Å². The predicted octanol–water partition coefficient (Wildman–Crippen LogP) is 0.0467. The fraction of sp³-hybridized carbons (Fsp3) is 0.667. The summed E-state index contributed by atoms with van der Waals surface area (Å²) in [6.07, 6.45) is -1.33. The van der Waals surface area contributed by atoms with Gasteiger partial charge in [0, 0.05) is 0 Å². The molecule has 0 aromatic rings. The van der Waals surface area contributed by atoms with Gasteiger partial charge in [-0.05, 0) is 20.8 Å². The first-order chi connectivity index (χ1) is 9.56. The Labute approximate surface area is 116 Å². The molecule has 0 bridgehead atoms. The first-order valence-corrected chi connectivity index (χ1v) is 6.30. The summed E-state index contributed by atoms with van der Waals surface area (Å²) in [5.41, 5.74) is -0.289. The van der Waals surface area contributed by atoms with E-state index in [1.54, 1.807) is 20.8 Å². The van der Waals surface area contributed by atoms with Crippen LogP contribution in [0.15, 0.2) is 5.16 Å². The van der Waals surface area contributed by atoms with Crippen LogP contribution in [0.4, 0.5) is 0 Å². The van der Waals surface area contributed by atoms with Gasteiger partial charge < -0.3 is 19.0 Å². The largest absolute Gasteiger partial charge is 0.465 e. The lowest BCUT2D eigenvalue weighted by molar-refractivity contribution is -0.164. The van der Waals surface area contributed by atoms with Crippen LogP contribution in [-0.4, -0.2) is 49.5 Å². The molecule has 0 aromatic carbocycles. The predicted molar refractivity (Wildman–Crippen MR) is 65.7 cm³/mol. The van der Waals surface area contributed by atoms with Crippen molar-refractivity contribution in [2.24, 2.45) is 11.1 Å². The summed E-state index contributed by atoms with van der Waals surface area (Å²) in [6.45, 7) is 5.14. The molecule has 0 unspecified atom stereocenters. The molecule has 8 nitrogen and oxygen atoms in total. The third-order valence-electron chi connectivity index (χ3n) is 2.41. The molecule has 0 saturated heterocycles. The molecule has 112 valence electrons. The second-order valence-electron chi connectivity index (χ2n) is 3.70. The molecule has 0 aromatic heterocycles. The first-order valence-electron chi connectivity index (χ1n) is 6.30. The van der Waals surface area contributed by atoms with Gasteiger partial charge in [-0.3, -0.25) is 4.79 Å². The van der Waals surface area contributed by atoms with Gasteiger partial charge in [-0.1, -0.05) is 5.16 Å². The van der Waals surface area contributed by atoms with Crippen molar-refractivity contribution >= 4 is 23.6 Å². The van der Waals surface area contributed by atoms with Crippen molar-refractivity contribution in [1.82, 2.24) is 0 Å². The molecular formula is C12H17NO7. The van der Waals surface area contributed by atoms with Gasteiger partial charge in [-0.15, -0.1) is 0 Å². The van der Waals surface area contributed by atoms with E-state index in [0.29, 0.717) is 0 Å². The topological polar surface area (TPSA) is 100 Å². The Hall–Kier alpha value is -2.12. The smallest absolute Gasteiger partial charge is 0.357 e. The molecule has 2 atom stereocenters. The molecule has 0 fully saturated rings. The van der Waals surface area contributed by atoms with Crippen LogP contribution >= 0.6 is 0 Å². The molecule has 0 saturated carbocycles. The number of hydrogen-bond acceptors (Lipinski definition) is 8. The Balaban J connectivity index is 2.93. The Morgan fingerprint density at radius 1 is 1.00 bits per heavy atom. The molecule has 1 aliphatic rings. The molecule has 0 aliphatic carbocycles. The number of carbonyl (C=O) groups is 3. The fourth-order valence-electron chi connectivity index (χ4n) is 1.61. The second kappa shape index (κ2) is 7.46. The number of oxime groups is 1. The van der Waals surface area contributed by atoms with E-state index in [2.05, 4.69) is 5.16 Å². The van der Waals surface area contributed by atoms with E-state index < -0.39 is 29.9 Å². The minimum Gasteiger partial charge on any atom is -0.465 e. The van der Waals surface area contributed by atoms with E-state index in [1.807, 2.05) is 0 Å². The van der Waals surface area contributed by atoms with Gasteiger partial charge >= 0.3 is 17.9 Å². The van der Waals surface area contributed by atoms with Gasteiger partial charge in [0.05, 0.1) is 19.8 Å². The SMILES string of the molecule is CCOC(=O)C1=NO[C@H](C(=O)OCC)[C@H]1C(=O)OCC. The lowest BCUT2D eigenvalue weighted by atomic mass is 9.97. The second-order valence-corrected chi connectivity index (χ2v) is 3.70. The first kappa shape index (κ1) is 15.9. The summed E-state index contributed by atoms with van der Waals surface area (Å²) in [7, 11) is 0. The molecular weight excluding hydrogens is 270 g/mol. The standard InChI is InChI=1S/C12H17NO7/c1-4-17-10(14)7-8(11(15)18-5-2)13-20-9(7)12(16)19-6-3/h7,9H,4-6H2,1-3H3/t7-,9-/m0/s1. The highest BCUT2D eigenvalue weighted by Crippen LogP contribution is 2.22. The third-order valence-corrected chi connectivity index (χ3v) is 2.41. The average molecular weight is 287 g/mol. The van der Waals surface area contributed by atoms with Crippen LogP contribution in [0.1, 0.15) is 20.8 Å². The maximum Gasteiger partial charge on any atom is 0.357 e. The van der Waals surface area contributed by atoms with E-state index >= 15 is 0 Å². The van der Waals surface area contributed by atoms with Crippen molar-refractivity contribution in [3.05, 3.63) is 0 Å². The van der Waals surface area contributed by atoms with Gasteiger partial charge in [-0.25, -0.2) is 9.59 Å². The van der Waals surface area contributed by atoms with Crippen molar-refractivity contribution in [2.75, 3.05) is 19.8 Å². The lowest BCUT2D eigenvalue weighted by Gasteiger charge is -2.15. The highest BCUT2D eigenvalue weighted by Gasteiger charge is 2.49. The van der Waals surface area contributed by atoms with Gasteiger partial charge in [-0.2, -0.15) is 0 Å². The number of carbonyl (C=O) groups excluding carboxylic acids is 3. The summed E-state index contributed by atoms with van der Waals surface area (Å²) in [6, 6.07) is 0. The maximum atomic E-state index is 11.9. The third kappa shape index (κ3) is 3.46. The van der Waals surface area contributed by atoms with E-state index in [0.717, 1.165) is 0 Å². The van der Waals surface area contributed by atoms with Crippen molar-refractivity contribution in [3.8, 4) is 0 Å². The summed E-state index contributed by atoms with van der Waals surface area (Å²) in [5, 5.41) is 3.46. The Kier molecular flexibility index (Phi) is 5.95. The zero-order valence-corrected chi connectivity index (χ0v) is 11.6. The minimum atomic E-state index is -1.33. The van der Waals surface area contributed by atoms with E-state index in [4.69, 9.17) is 19.0 Å². The molecule has 8 heteroatoms. The molecule has 1 rings (SSSR count). The zero-order valence-electron chi connectivity index (χ0n) is 11.6. The molecule has 0 N–H and O–H groups in total. The molecule has 1 aliphatic heterocycles. The maximum absolute atomic E-state index is 11.9. The quantitative estimate of drug-likeness (QED) is 0.502. The van der Waals surface area contributed by atoms with Gasteiger partial charge in [0.25, 0.3) is 0 Å². The Bertz CT molecular complexity index is 418. The van der Waals surface area contributed by atoms with Crippen molar-refractivity contribution < 1.29 is 33.4 Å².